The van der Waals surface area contributed by atoms with E-state index in [-0.39, 0.29) is 50.7 Å². The van der Waals surface area contributed by atoms with Gasteiger partial charge in [0.05, 0.1) is 12.5 Å². The molecule has 3 saturated carbocycles. The average molecular weight is 481 g/mol. The van der Waals surface area contributed by atoms with Crippen LogP contribution in [0.1, 0.15) is 99.8 Å². The number of ether oxygens (including phenoxy) is 1. The van der Waals surface area contributed by atoms with E-state index in [4.69, 9.17) is 4.74 Å². The minimum atomic E-state index is -0.652. The molecule has 0 saturated heterocycles. The number of esters is 1. The van der Waals surface area contributed by atoms with E-state index in [0.717, 1.165) is 44.9 Å². The second-order valence-electron chi connectivity index (χ2n) is 14.4. The zero-order chi connectivity index (χ0) is 25.8. The first-order valence-corrected chi connectivity index (χ1v) is 13.7. The number of methoxy groups -OCH3 is 1. The van der Waals surface area contributed by atoms with E-state index in [1.807, 2.05) is 13.0 Å². The lowest BCUT2D eigenvalue weighted by atomic mass is 9.34. The van der Waals surface area contributed by atoms with Crippen molar-refractivity contribution in [2.24, 2.45) is 44.3 Å². The number of ketones is 2. The van der Waals surface area contributed by atoms with Crippen molar-refractivity contribution in [1.29, 1.82) is 0 Å². The number of allylic oxidation sites excluding steroid dienone is 3. The topological polar surface area (TPSA) is 60.4 Å². The lowest BCUT2D eigenvalue weighted by Gasteiger charge is -2.68. The van der Waals surface area contributed by atoms with Gasteiger partial charge in [0.15, 0.2) is 5.78 Å². The second kappa shape index (κ2) is 7.19. The van der Waals surface area contributed by atoms with Gasteiger partial charge < -0.3 is 4.74 Å². The maximum Gasteiger partial charge on any atom is 0.315 e. The minimum Gasteiger partial charge on any atom is -0.468 e. The quantitative estimate of drug-likeness (QED) is 0.395. The summed E-state index contributed by atoms with van der Waals surface area (Å²) < 4.78 is 5.20. The van der Waals surface area contributed by atoms with E-state index in [1.54, 1.807) is 0 Å². The molecule has 7 atom stereocenters. The molecular weight excluding hydrogens is 436 g/mol. The summed E-state index contributed by atoms with van der Waals surface area (Å²) in [4.78, 5) is 39.9. The van der Waals surface area contributed by atoms with Crippen LogP contribution in [0.2, 0.25) is 0 Å². The van der Waals surface area contributed by atoms with Crippen LogP contribution in [0.25, 0.3) is 0 Å². The molecule has 0 heterocycles. The van der Waals surface area contributed by atoms with Crippen LogP contribution in [-0.2, 0) is 19.1 Å². The SMILES string of the molecule is COC(=O)[C@@]1(C)C=C2C3=CC(=O)C4[C@@]5(C)CCC(=O)C(C)(C)C5CC[C@@]4(C)[C@@]3(C)CC[C@]2(C)CC1. The molecule has 0 bridgehead atoms. The van der Waals surface area contributed by atoms with E-state index in [2.05, 4.69) is 47.6 Å². The number of rotatable bonds is 1. The van der Waals surface area contributed by atoms with Crippen LogP contribution in [0.3, 0.4) is 0 Å². The van der Waals surface area contributed by atoms with E-state index in [0.29, 0.717) is 12.2 Å². The van der Waals surface area contributed by atoms with Crippen molar-refractivity contribution in [2.45, 2.75) is 99.8 Å². The van der Waals surface area contributed by atoms with Gasteiger partial charge in [0.2, 0.25) is 0 Å². The zero-order valence-electron chi connectivity index (χ0n) is 23.1. The fourth-order valence-corrected chi connectivity index (χ4v) is 9.79. The molecule has 5 aliphatic carbocycles. The highest BCUT2D eigenvalue weighted by Gasteiger charge is 2.69. The van der Waals surface area contributed by atoms with E-state index >= 15 is 0 Å². The summed E-state index contributed by atoms with van der Waals surface area (Å²) in [5.74, 6) is 0.580. The van der Waals surface area contributed by atoms with Crippen LogP contribution in [0, 0.1) is 44.3 Å². The Morgan fingerprint density at radius 2 is 1.54 bits per heavy atom. The van der Waals surface area contributed by atoms with Crippen molar-refractivity contribution in [1.82, 2.24) is 0 Å². The number of carbonyl (C=O) groups excluding carboxylic acids is 3. The highest BCUT2D eigenvalue weighted by Crippen LogP contribution is 2.74. The van der Waals surface area contributed by atoms with Gasteiger partial charge in [-0.25, -0.2) is 0 Å². The molecule has 192 valence electrons. The van der Waals surface area contributed by atoms with Gasteiger partial charge in [0, 0.05) is 17.8 Å². The Morgan fingerprint density at radius 1 is 0.886 bits per heavy atom. The van der Waals surface area contributed by atoms with Crippen molar-refractivity contribution in [2.75, 3.05) is 7.11 Å². The molecule has 35 heavy (non-hydrogen) atoms. The molecule has 0 aromatic heterocycles. The Balaban J connectivity index is 1.67. The lowest BCUT2D eigenvalue weighted by molar-refractivity contribution is -0.182. The summed E-state index contributed by atoms with van der Waals surface area (Å²) in [7, 11) is 1.47. The highest BCUT2D eigenvalue weighted by molar-refractivity contribution is 5.97. The Kier molecular flexibility index (Phi) is 5.13. The summed E-state index contributed by atoms with van der Waals surface area (Å²) in [6.07, 6.45) is 11.3. The van der Waals surface area contributed by atoms with Crippen molar-refractivity contribution in [3.05, 3.63) is 23.3 Å². The van der Waals surface area contributed by atoms with Crippen LogP contribution in [0.4, 0.5) is 0 Å². The maximum absolute atomic E-state index is 14.2. The van der Waals surface area contributed by atoms with Gasteiger partial charge in [-0.3, -0.25) is 14.4 Å². The Labute approximate surface area is 211 Å². The molecular formula is C31H44O4. The molecule has 0 N–H and O–H groups in total. The number of hydrogen-bond acceptors (Lipinski definition) is 4. The van der Waals surface area contributed by atoms with Gasteiger partial charge in [-0.15, -0.1) is 0 Å². The first-order valence-electron chi connectivity index (χ1n) is 13.7. The van der Waals surface area contributed by atoms with Crippen LogP contribution < -0.4 is 0 Å². The predicted molar refractivity (Wildman–Crippen MR) is 136 cm³/mol. The van der Waals surface area contributed by atoms with Crippen LogP contribution in [-0.4, -0.2) is 24.6 Å². The summed E-state index contributed by atoms with van der Waals surface area (Å²) in [5, 5.41) is 0. The third kappa shape index (κ3) is 2.95. The standard InChI is InChI=1S/C31H44O4/c1-26(2)22-9-12-31(7)24(29(22,5)11-10-23(26)33)21(32)17-19-20-18-28(4,25(34)35-8)14-13-27(20,3)15-16-30(19,31)6/h17-18,22,24H,9-16H2,1-8H3/t22?,24?,27-,28+,29-,30-,31+/m0/s1. The van der Waals surface area contributed by atoms with Gasteiger partial charge in [0.25, 0.3) is 0 Å². The third-order valence-electron chi connectivity index (χ3n) is 12.4. The molecule has 0 radical (unpaired) electrons. The summed E-state index contributed by atoms with van der Waals surface area (Å²) in [6, 6.07) is 0. The molecule has 0 amide bonds. The lowest BCUT2D eigenvalue weighted by Crippen LogP contribution is -2.65. The van der Waals surface area contributed by atoms with Gasteiger partial charge >= 0.3 is 5.97 Å². The second-order valence-corrected chi connectivity index (χ2v) is 14.4. The third-order valence-corrected chi connectivity index (χ3v) is 12.4. The molecule has 4 heteroatoms. The van der Waals surface area contributed by atoms with Crippen molar-refractivity contribution in [3.63, 3.8) is 0 Å². The molecule has 0 aromatic carbocycles. The first kappa shape index (κ1) is 25.0. The van der Waals surface area contributed by atoms with Crippen molar-refractivity contribution < 1.29 is 19.1 Å². The van der Waals surface area contributed by atoms with Crippen LogP contribution in [0.5, 0.6) is 0 Å². The largest absolute Gasteiger partial charge is 0.468 e. The smallest absolute Gasteiger partial charge is 0.315 e. The summed E-state index contributed by atoms with van der Waals surface area (Å²) in [6.45, 7) is 15.6. The number of carbonyl (C=O) groups is 3. The average Bonchev–Trinajstić information content (AvgIpc) is 2.78. The van der Waals surface area contributed by atoms with Crippen LogP contribution >= 0.6 is 0 Å². The minimum absolute atomic E-state index is 0.0112. The van der Waals surface area contributed by atoms with E-state index in [1.165, 1.54) is 18.3 Å². The monoisotopic (exact) mass is 480 g/mol. The fraction of sp³-hybridized carbons (Fsp3) is 0.774. The maximum atomic E-state index is 14.2. The molecule has 0 spiro atoms. The molecule has 4 nitrogen and oxygen atoms in total. The Morgan fingerprint density at radius 3 is 2.20 bits per heavy atom. The van der Waals surface area contributed by atoms with Gasteiger partial charge in [0.1, 0.15) is 5.78 Å². The number of hydrogen-bond donors (Lipinski definition) is 0. The molecule has 0 aromatic rings. The van der Waals surface area contributed by atoms with E-state index < -0.39 is 5.41 Å². The zero-order valence-corrected chi connectivity index (χ0v) is 23.1. The molecule has 5 rings (SSSR count). The normalized spacial score (nSPS) is 48.5. The van der Waals surface area contributed by atoms with Crippen molar-refractivity contribution >= 4 is 17.5 Å². The van der Waals surface area contributed by atoms with Gasteiger partial charge in [-0.2, -0.15) is 0 Å². The van der Waals surface area contributed by atoms with E-state index in [9.17, 15) is 14.4 Å². The molecule has 2 unspecified atom stereocenters. The summed E-state index contributed by atoms with van der Waals surface area (Å²) >= 11 is 0. The highest BCUT2D eigenvalue weighted by atomic mass is 16.5. The van der Waals surface area contributed by atoms with Crippen molar-refractivity contribution in [3.8, 4) is 0 Å². The first-order chi connectivity index (χ1) is 16.1. The molecule has 3 fully saturated rings. The Hall–Kier alpha value is -1.71. The molecule has 0 aliphatic heterocycles. The van der Waals surface area contributed by atoms with Crippen LogP contribution in [0.15, 0.2) is 23.3 Å². The predicted octanol–water partition coefficient (Wildman–Crippen LogP) is 6.63. The fourth-order valence-electron chi connectivity index (χ4n) is 9.79. The van der Waals surface area contributed by atoms with Gasteiger partial charge in [-0.1, -0.05) is 47.6 Å². The number of fused-ring (bicyclic) bond motifs is 7. The summed E-state index contributed by atoms with van der Waals surface area (Å²) in [5.41, 5.74) is 0.877. The number of Topliss-reactive ketones (excluding diaryl/α,β-unsaturated/α-hetero) is 1. The molecule has 5 aliphatic rings. The van der Waals surface area contributed by atoms with Gasteiger partial charge in [-0.05, 0) is 96.7 Å². The Bertz CT molecular complexity index is 1080.